The van der Waals surface area contributed by atoms with Crippen molar-refractivity contribution in [2.24, 2.45) is 0 Å². The molecule has 1 aromatic carbocycles. The van der Waals surface area contributed by atoms with Crippen molar-refractivity contribution < 1.29 is 22.3 Å². The first-order valence-electron chi connectivity index (χ1n) is 8.68. The lowest BCUT2D eigenvalue weighted by Gasteiger charge is -2.52. The Hall–Kier alpha value is -1.50. The monoisotopic (exact) mass is 360 g/mol. The van der Waals surface area contributed by atoms with Gasteiger partial charge in [-0.25, -0.2) is 8.78 Å². The van der Waals surface area contributed by atoms with Crippen LogP contribution in [0.1, 0.15) is 51.5 Å². The van der Waals surface area contributed by atoms with E-state index in [1.807, 2.05) is 0 Å². The second-order valence-electron chi connectivity index (χ2n) is 7.52. The van der Waals surface area contributed by atoms with Crippen molar-refractivity contribution in [3.8, 4) is 5.75 Å². The summed E-state index contributed by atoms with van der Waals surface area (Å²) in [5.74, 6) is -0.455. The number of fused-ring (bicyclic) bond motifs is 1. The topological polar surface area (TPSA) is 24.5 Å². The first kappa shape index (κ1) is 18.3. The third-order valence-electron chi connectivity index (χ3n) is 5.05. The largest absolute Gasteiger partial charge is 0.434 e. The van der Waals surface area contributed by atoms with Crippen LogP contribution in [0.5, 0.6) is 5.75 Å². The average molecular weight is 360 g/mol. The molecule has 1 saturated heterocycles. The third-order valence-corrected chi connectivity index (χ3v) is 5.05. The Balaban J connectivity index is 1.94. The van der Waals surface area contributed by atoms with E-state index >= 15 is 0 Å². The Morgan fingerprint density at radius 3 is 2.56 bits per heavy atom. The van der Waals surface area contributed by atoms with E-state index in [0.717, 1.165) is 25.7 Å². The first-order valence-corrected chi connectivity index (χ1v) is 8.68. The number of ether oxygens (including phenoxy) is 1. The van der Waals surface area contributed by atoms with E-state index in [2.05, 4.69) is 28.8 Å². The highest BCUT2D eigenvalue weighted by molar-refractivity contribution is 5.55. The van der Waals surface area contributed by atoms with Crippen molar-refractivity contribution in [1.29, 1.82) is 0 Å². The highest BCUT2D eigenvalue weighted by Crippen LogP contribution is 2.38. The number of nitrogens with one attached hydrogen (secondary N) is 1. The summed E-state index contributed by atoms with van der Waals surface area (Å²) in [4.78, 5) is 2.15. The molecule has 0 aromatic heterocycles. The summed E-state index contributed by atoms with van der Waals surface area (Å²) in [7, 11) is 0. The van der Waals surface area contributed by atoms with Gasteiger partial charge in [-0.3, -0.25) is 0 Å². The van der Waals surface area contributed by atoms with Gasteiger partial charge in [0, 0.05) is 29.9 Å². The fourth-order valence-electron chi connectivity index (χ4n) is 4.11. The van der Waals surface area contributed by atoms with Crippen LogP contribution in [0.4, 0.5) is 23.2 Å². The number of hydrogen-bond donors (Lipinski definition) is 1. The lowest BCUT2D eigenvalue weighted by atomic mass is 9.83. The second-order valence-corrected chi connectivity index (χ2v) is 7.52. The van der Waals surface area contributed by atoms with Crippen LogP contribution in [0.15, 0.2) is 18.2 Å². The molecule has 7 heteroatoms. The number of halogens is 4. The van der Waals surface area contributed by atoms with Crippen LogP contribution in [0, 0.1) is 0 Å². The SMILES string of the molecule is CC1(C)CN(c2ccc(OC(F)F)c(C(F)F)c2)[C@H]2CCCC[C@@H]2N1. The molecule has 1 N–H and O–H groups in total. The molecule has 1 heterocycles. The van der Waals surface area contributed by atoms with Gasteiger partial charge in [0.05, 0.1) is 5.56 Å². The molecule has 0 bridgehead atoms. The Labute approximate surface area is 145 Å². The summed E-state index contributed by atoms with van der Waals surface area (Å²) in [5, 5.41) is 3.66. The van der Waals surface area contributed by atoms with Gasteiger partial charge in [-0.15, -0.1) is 0 Å². The molecule has 1 aromatic rings. The smallest absolute Gasteiger partial charge is 0.387 e. The van der Waals surface area contributed by atoms with Crippen molar-refractivity contribution in [2.45, 2.75) is 70.2 Å². The zero-order valence-corrected chi connectivity index (χ0v) is 14.4. The molecule has 2 atom stereocenters. The van der Waals surface area contributed by atoms with Crippen LogP contribution in [0.2, 0.25) is 0 Å². The van der Waals surface area contributed by atoms with Gasteiger partial charge in [-0.1, -0.05) is 12.8 Å². The van der Waals surface area contributed by atoms with Gasteiger partial charge in [-0.2, -0.15) is 8.78 Å². The number of piperazine rings is 1. The molecule has 3 rings (SSSR count). The minimum Gasteiger partial charge on any atom is -0.434 e. The van der Waals surface area contributed by atoms with Gasteiger partial charge in [0.1, 0.15) is 5.75 Å². The molecule has 0 radical (unpaired) electrons. The number of hydrogen-bond acceptors (Lipinski definition) is 3. The predicted molar refractivity (Wildman–Crippen MR) is 88.6 cm³/mol. The highest BCUT2D eigenvalue weighted by Gasteiger charge is 2.40. The van der Waals surface area contributed by atoms with Crippen LogP contribution in [-0.2, 0) is 0 Å². The molecule has 3 nitrogen and oxygen atoms in total. The van der Waals surface area contributed by atoms with Crippen molar-refractivity contribution in [3.63, 3.8) is 0 Å². The van der Waals surface area contributed by atoms with E-state index in [1.54, 1.807) is 6.07 Å². The number of benzene rings is 1. The zero-order chi connectivity index (χ0) is 18.2. The van der Waals surface area contributed by atoms with Gasteiger partial charge < -0.3 is 15.0 Å². The van der Waals surface area contributed by atoms with Gasteiger partial charge in [0.2, 0.25) is 0 Å². The van der Waals surface area contributed by atoms with Crippen molar-refractivity contribution in [2.75, 3.05) is 11.4 Å². The molecule has 1 saturated carbocycles. The van der Waals surface area contributed by atoms with Crippen molar-refractivity contribution in [3.05, 3.63) is 23.8 Å². The van der Waals surface area contributed by atoms with Gasteiger partial charge in [-0.05, 0) is 44.9 Å². The maximum atomic E-state index is 13.4. The van der Waals surface area contributed by atoms with E-state index in [1.165, 1.54) is 12.1 Å². The molecular formula is C18H24F4N2O. The number of nitrogens with zero attached hydrogens (tertiary/aromatic N) is 1. The second kappa shape index (κ2) is 7.02. The number of anilines is 1. The molecule has 25 heavy (non-hydrogen) atoms. The normalized spacial score (nSPS) is 26.0. The van der Waals surface area contributed by atoms with E-state index in [0.29, 0.717) is 18.3 Å². The van der Waals surface area contributed by atoms with Crippen LogP contribution in [0.3, 0.4) is 0 Å². The Kier molecular flexibility index (Phi) is 5.14. The van der Waals surface area contributed by atoms with Crippen LogP contribution < -0.4 is 15.0 Å². The summed E-state index contributed by atoms with van der Waals surface area (Å²) < 4.78 is 55.9. The number of alkyl halides is 4. The summed E-state index contributed by atoms with van der Waals surface area (Å²) in [5.41, 5.74) is 0.00616. The quantitative estimate of drug-likeness (QED) is 0.786. The van der Waals surface area contributed by atoms with Gasteiger partial charge >= 0.3 is 6.61 Å². The standard InChI is InChI=1S/C18H24F4N2O/c1-18(2)10-24(14-6-4-3-5-13(14)23-18)11-7-8-15(25-17(21)22)12(9-11)16(19)20/h7-9,13-14,16-17,23H,3-6,10H2,1-2H3/t13-,14-/m0/s1. The lowest BCUT2D eigenvalue weighted by molar-refractivity contribution is -0.0519. The minimum absolute atomic E-state index is 0.151. The van der Waals surface area contributed by atoms with Crippen molar-refractivity contribution >= 4 is 5.69 Å². The van der Waals surface area contributed by atoms with Crippen LogP contribution in [0.25, 0.3) is 0 Å². The maximum absolute atomic E-state index is 13.4. The Bertz CT molecular complexity index is 609. The zero-order valence-electron chi connectivity index (χ0n) is 14.4. The van der Waals surface area contributed by atoms with Gasteiger partial charge in [0.25, 0.3) is 6.43 Å². The van der Waals surface area contributed by atoms with E-state index in [4.69, 9.17) is 0 Å². The molecule has 2 aliphatic rings. The molecule has 0 spiro atoms. The van der Waals surface area contributed by atoms with Gasteiger partial charge in [0.15, 0.2) is 0 Å². The summed E-state index contributed by atoms with van der Waals surface area (Å²) >= 11 is 0. The fourth-order valence-corrected chi connectivity index (χ4v) is 4.11. The van der Waals surface area contributed by atoms with E-state index in [9.17, 15) is 17.6 Å². The first-order chi connectivity index (χ1) is 11.8. The third kappa shape index (κ3) is 4.02. The molecule has 140 valence electrons. The summed E-state index contributed by atoms with van der Waals surface area (Å²) in [6.45, 7) is 1.73. The molecule has 2 fully saturated rings. The van der Waals surface area contributed by atoms with Crippen LogP contribution >= 0.6 is 0 Å². The molecule has 0 amide bonds. The molecular weight excluding hydrogens is 336 g/mol. The highest BCUT2D eigenvalue weighted by atomic mass is 19.3. The molecule has 1 aliphatic carbocycles. The maximum Gasteiger partial charge on any atom is 0.387 e. The minimum atomic E-state index is -3.12. The van der Waals surface area contributed by atoms with E-state index < -0.39 is 24.3 Å². The van der Waals surface area contributed by atoms with Crippen molar-refractivity contribution in [1.82, 2.24) is 5.32 Å². The fraction of sp³-hybridized carbons (Fsp3) is 0.667. The van der Waals surface area contributed by atoms with Crippen LogP contribution in [-0.4, -0.2) is 30.8 Å². The Morgan fingerprint density at radius 2 is 1.88 bits per heavy atom. The summed E-state index contributed by atoms with van der Waals surface area (Å²) in [6, 6.07) is 4.68. The lowest BCUT2D eigenvalue weighted by Crippen LogP contribution is -2.67. The predicted octanol–water partition coefficient (Wildman–Crippen LogP) is 4.73. The van der Waals surface area contributed by atoms with E-state index in [-0.39, 0.29) is 11.6 Å². The summed E-state index contributed by atoms with van der Waals surface area (Å²) in [6.07, 6.45) is 1.44. The average Bonchev–Trinajstić information content (AvgIpc) is 2.53. The number of rotatable bonds is 4. The molecule has 0 unspecified atom stereocenters. The molecule has 1 aliphatic heterocycles. The Morgan fingerprint density at radius 1 is 1.16 bits per heavy atom.